The van der Waals surface area contributed by atoms with Gasteiger partial charge in [0.2, 0.25) is 5.65 Å². The van der Waals surface area contributed by atoms with E-state index >= 15 is 0 Å². The summed E-state index contributed by atoms with van der Waals surface area (Å²) in [5.74, 6) is 2.72. The molecule has 2 aromatic heterocycles. The highest BCUT2D eigenvalue weighted by atomic mass is 16.5. The van der Waals surface area contributed by atoms with Crippen LogP contribution in [0, 0.1) is 13.8 Å². The summed E-state index contributed by atoms with van der Waals surface area (Å²) >= 11 is 0. The third-order valence-electron chi connectivity index (χ3n) is 4.93. The van der Waals surface area contributed by atoms with Gasteiger partial charge in [0, 0.05) is 32.4 Å². The van der Waals surface area contributed by atoms with Crippen LogP contribution in [-0.2, 0) is 9.47 Å². The van der Waals surface area contributed by atoms with E-state index in [1.807, 2.05) is 24.3 Å². The molecule has 3 aromatic rings. The predicted octanol–water partition coefficient (Wildman–Crippen LogP) is 2.10. The minimum Gasteiger partial charge on any atom is -0.487 e. The highest BCUT2D eigenvalue weighted by Gasteiger charge is 2.20. The van der Waals surface area contributed by atoms with E-state index in [1.54, 1.807) is 14.2 Å². The van der Waals surface area contributed by atoms with Crippen LogP contribution in [0.25, 0.3) is 16.7 Å². The number of methoxy groups -OCH3 is 2. The average molecular weight is 433 g/mol. The lowest BCUT2D eigenvalue weighted by molar-refractivity contribution is 0.132. The van der Waals surface area contributed by atoms with Crippen LogP contribution < -0.4 is 20.5 Å². The molecule has 170 valence electrons. The summed E-state index contributed by atoms with van der Waals surface area (Å²) in [4.78, 5) is 4.88. The summed E-state index contributed by atoms with van der Waals surface area (Å²) in [6.07, 6.45) is 1.90. The fraction of sp³-hybridized carbons (Fsp3) is 0.571. The van der Waals surface area contributed by atoms with E-state index in [2.05, 4.69) is 15.5 Å². The van der Waals surface area contributed by atoms with Gasteiger partial charge in [0.15, 0.2) is 17.3 Å². The number of unbranched alkanes of at least 4 members (excludes halogenated alkanes) is 1. The molecule has 0 aliphatic carbocycles. The van der Waals surface area contributed by atoms with E-state index in [4.69, 9.17) is 29.7 Å². The van der Waals surface area contributed by atoms with Gasteiger partial charge in [-0.15, -0.1) is 10.2 Å². The second-order valence-electron chi connectivity index (χ2n) is 7.17. The number of nitrogens with one attached hydrogen (secondary N) is 1. The van der Waals surface area contributed by atoms with Gasteiger partial charge in [-0.2, -0.15) is 0 Å². The van der Waals surface area contributed by atoms with Gasteiger partial charge >= 0.3 is 0 Å². The smallest absolute Gasteiger partial charge is 0.204 e. The molecule has 10 heteroatoms. The van der Waals surface area contributed by atoms with Crippen LogP contribution in [0.15, 0.2) is 6.07 Å². The molecular formula is C21H32N6O4. The van der Waals surface area contributed by atoms with Crippen molar-refractivity contribution in [1.82, 2.24) is 19.6 Å². The van der Waals surface area contributed by atoms with Crippen molar-refractivity contribution in [2.45, 2.75) is 26.7 Å². The summed E-state index contributed by atoms with van der Waals surface area (Å²) in [6, 6.07) is 1.93. The minimum atomic E-state index is 0.403. The maximum atomic E-state index is 6.02. The number of anilines is 1. The zero-order valence-electron chi connectivity index (χ0n) is 18.7. The summed E-state index contributed by atoms with van der Waals surface area (Å²) in [5.41, 5.74) is 8.81. The second-order valence-corrected chi connectivity index (χ2v) is 7.17. The Balaban J connectivity index is 2.11. The van der Waals surface area contributed by atoms with Crippen molar-refractivity contribution < 1.29 is 18.9 Å². The Morgan fingerprint density at radius 1 is 1.00 bits per heavy atom. The van der Waals surface area contributed by atoms with Crippen molar-refractivity contribution >= 4 is 22.5 Å². The highest BCUT2D eigenvalue weighted by Crippen LogP contribution is 2.38. The van der Waals surface area contributed by atoms with E-state index in [0.29, 0.717) is 55.9 Å². The molecule has 0 bridgehead atoms. The van der Waals surface area contributed by atoms with Gasteiger partial charge in [0.1, 0.15) is 19.0 Å². The van der Waals surface area contributed by atoms with Crippen LogP contribution >= 0.6 is 0 Å². The van der Waals surface area contributed by atoms with Gasteiger partial charge in [-0.3, -0.25) is 4.40 Å². The van der Waals surface area contributed by atoms with Crippen LogP contribution in [0.2, 0.25) is 0 Å². The molecule has 3 N–H and O–H groups in total. The van der Waals surface area contributed by atoms with Gasteiger partial charge in [0.25, 0.3) is 0 Å². The van der Waals surface area contributed by atoms with E-state index in [-0.39, 0.29) is 0 Å². The molecule has 0 amide bonds. The number of hydrogen-bond acceptors (Lipinski definition) is 9. The van der Waals surface area contributed by atoms with E-state index in [0.717, 1.165) is 41.8 Å². The quantitative estimate of drug-likeness (QED) is 0.391. The number of ether oxygens (including phenoxy) is 4. The first-order valence-electron chi connectivity index (χ1n) is 10.5. The molecule has 2 heterocycles. The van der Waals surface area contributed by atoms with Gasteiger partial charge in [-0.05, 0) is 33.2 Å². The molecule has 0 unspecified atom stereocenters. The third-order valence-corrected chi connectivity index (χ3v) is 4.93. The van der Waals surface area contributed by atoms with Gasteiger partial charge in [-0.25, -0.2) is 4.98 Å². The summed E-state index contributed by atoms with van der Waals surface area (Å²) in [6.45, 7) is 7.07. The van der Waals surface area contributed by atoms with E-state index in [9.17, 15) is 0 Å². The zero-order valence-corrected chi connectivity index (χ0v) is 18.7. The maximum Gasteiger partial charge on any atom is 0.204 e. The topological polar surface area (TPSA) is 118 Å². The molecule has 31 heavy (non-hydrogen) atoms. The van der Waals surface area contributed by atoms with Crippen LogP contribution in [0.4, 0.5) is 5.82 Å². The normalized spacial score (nSPS) is 11.4. The lowest BCUT2D eigenvalue weighted by atomic mass is 10.1. The molecule has 10 nitrogen and oxygen atoms in total. The number of nitrogens with two attached hydrogens (primary N) is 1. The SMILES string of the molecule is COCCOc1cc2c(nc(NCCCCN)c3nnc(C)n32)c(C)c1OCCOC. The number of rotatable bonds is 13. The Kier molecular flexibility index (Phi) is 8.21. The summed E-state index contributed by atoms with van der Waals surface area (Å²) in [5, 5.41) is 12.0. The van der Waals surface area contributed by atoms with Crippen LogP contribution in [0.1, 0.15) is 24.2 Å². The van der Waals surface area contributed by atoms with Gasteiger partial charge < -0.3 is 30.0 Å². The summed E-state index contributed by atoms with van der Waals surface area (Å²) in [7, 11) is 3.28. The van der Waals surface area contributed by atoms with Crippen LogP contribution in [-0.4, -0.2) is 73.3 Å². The molecule has 0 atom stereocenters. The number of fused-ring (bicyclic) bond motifs is 3. The Bertz CT molecular complexity index is 1010. The minimum absolute atomic E-state index is 0.403. The largest absolute Gasteiger partial charge is 0.487 e. The fourth-order valence-corrected chi connectivity index (χ4v) is 3.36. The molecular weight excluding hydrogens is 400 g/mol. The Labute approximate surface area is 182 Å². The standard InChI is InChI=1S/C21H32N6O4/c1-14-18-16(13-17(30-11-9-28-3)19(14)31-12-10-29-4)27-15(2)25-26-21(27)20(24-18)23-8-6-5-7-22/h13H,5-12,22H2,1-4H3,(H,23,24). The second kappa shape index (κ2) is 11.1. The first-order valence-corrected chi connectivity index (χ1v) is 10.5. The first kappa shape index (κ1) is 23.0. The first-order chi connectivity index (χ1) is 15.1. The van der Waals surface area contributed by atoms with Crippen molar-refractivity contribution in [3.63, 3.8) is 0 Å². The third kappa shape index (κ3) is 5.15. The summed E-state index contributed by atoms with van der Waals surface area (Å²) < 4.78 is 24.3. The molecule has 0 saturated heterocycles. The molecule has 1 aromatic carbocycles. The lowest BCUT2D eigenvalue weighted by Gasteiger charge is -2.18. The molecule has 0 fully saturated rings. The number of aryl methyl sites for hydroxylation is 2. The Morgan fingerprint density at radius 2 is 1.74 bits per heavy atom. The van der Waals surface area contributed by atoms with Crippen molar-refractivity contribution in [2.24, 2.45) is 5.73 Å². The molecule has 0 spiro atoms. The average Bonchev–Trinajstić information content (AvgIpc) is 3.16. The Hall–Kier alpha value is -2.69. The molecule has 0 saturated carbocycles. The lowest BCUT2D eigenvalue weighted by Crippen LogP contribution is -2.12. The molecule has 3 rings (SSSR count). The molecule has 0 aliphatic heterocycles. The highest BCUT2D eigenvalue weighted by molar-refractivity contribution is 5.89. The van der Waals surface area contributed by atoms with E-state index in [1.165, 1.54) is 0 Å². The number of hydrogen-bond donors (Lipinski definition) is 2. The van der Waals surface area contributed by atoms with Gasteiger partial charge in [-0.1, -0.05) is 0 Å². The van der Waals surface area contributed by atoms with Crippen molar-refractivity contribution in [2.75, 3.05) is 59.1 Å². The number of nitrogens with zero attached hydrogens (tertiary/aromatic N) is 4. The Morgan fingerprint density at radius 3 is 2.45 bits per heavy atom. The van der Waals surface area contributed by atoms with Crippen LogP contribution in [0.5, 0.6) is 11.5 Å². The van der Waals surface area contributed by atoms with Crippen molar-refractivity contribution in [3.8, 4) is 11.5 Å². The number of benzene rings is 1. The van der Waals surface area contributed by atoms with Gasteiger partial charge in [0.05, 0.1) is 24.2 Å². The monoisotopic (exact) mass is 432 g/mol. The van der Waals surface area contributed by atoms with Crippen molar-refractivity contribution in [3.05, 3.63) is 17.5 Å². The molecule has 0 radical (unpaired) electrons. The fourth-order valence-electron chi connectivity index (χ4n) is 3.36. The van der Waals surface area contributed by atoms with Crippen molar-refractivity contribution in [1.29, 1.82) is 0 Å². The maximum absolute atomic E-state index is 6.02. The zero-order chi connectivity index (χ0) is 22.2. The van der Waals surface area contributed by atoms with E-state index < -0.39 is 0 Å². The number of aromatic nitrogens is 4. The van der Waals surface area contributed by atoms with Crippen LogP contribution in [0.3, 0.4) is 0 Å². The molecule has 0 aliphatic rings. The predicted molar refractivity (Wildman–Crippen MR) is 119 cm³/mol.